The highest BCUT2D eigenvalue weighted by Gasteiger charge is 2.37. The van der Waals surface area contributed by atoms with Gasteiger partial charge in [0.2, 0.25) is 15.9 Å². The van der Waals surface area contributed by atoms with E-state index in [2.05, 4.69) is 0 Å². The summed E-state index contributed by atoms with van der Waals surface area (Å²) < 4.78 is 33.2. The zero-order valence-corrected chi connectivity index (χ0v) is 15.5. The van der Waals surface area contributed by atoms with Gasteiger partial charge in [-0.1, -0.05) is 6.07 Å². The lowest BCUT2D eigenvalue weighted by Gasteiger charge is -2.37. The number of nitrogens with two attached hydrogens (primary N) is 1. The van der Waals surface area contributed by atoms with Gasteiger partial charge in [-0.2, -0.15) is 4.31 Å². The fraction of sp³-hybridized carbons (Fsp3) is 0.588. The van der Waals surface area contributed by atoms with Crippen LogP contribution < -0.4 is 10.6 Å². The lowest BCUT2D eigenvalue weighted by molar-refractivity contribution is -0.116. The van der Waals surface area contributed by atoms with E-state index in [4.69, 9.17) is 10.5 Å². The number of nitrogens with zero attached hydrogens (tertiary/aromatic N) is 2. The predicted molar refractivity (Wildman–Crippen MR) is 94.9 cm³/mol. The monoisotopic (exact) mass is 367 g/mol. The molecule has 138 valence electrons. The maximum atomic E-state index is 13.2. The molecule has 0 bridgehead atoms. The van der Waals surface area contributed by atoms with Crippen LogP contribution in [0.25, 0.3) is 0 Å². The first kappa shape index (κ1) is 18.3. The van der Waals surface area contributed by atoms with Gasteiger partial charge in [-0.25, -0.2) is 8.42 Å². The number of hydrogen-bond donors (Lipinski definition) is 1. The van der Waals surface area contributed by atoms with E-state index in [-0.39, 0.29) is 29.5 Å². The summed E-state index contributed by atoms with van der Waals surface area (Å²) in [5.41, 5.74) is 7.52. The van der Waals surface area contributed by atoms with E-state index >= 15 is 0 Å². The second kappa shape index (κ2) is 7.03. The number of carbonyl (C=O) groups is 1. The van der Waals surface area contributed by atoms with Crippen LogP contribution in [0.1, 0.15) is 25.3 Å². The van der Waals surface area contributed by atoms with Crippen LogP contribution >= 0.6 is 0 Å². The zero-order valence-electron chi connectivity index (χ0n) is 14.6. The van der Waals surface area contributed by atoms with Crippen molar-refractivity contribution >= 4 is 21.6 Å². The number of carbonyl (C=O) groups excluding carboxylic acids is 1. The number of anilines is 1. The quantitative estimate of drug-likeness (QED) is 0.847. The molecule has 2 aliphatic rings. The number of ether oxygens (including phenoxy) is 1. The fourth-order valence-corrected chi connectivity index (χ4v) is 5.40. The zero-order chi connectivity index (χ0) is 18.2. The van der Waals surface area contributed by atoms with Gasteiger partial charge in [0.05, 0.1) is 11.0 Å². The van der Waals surface area contributed by atoms with Crippen molar-refractivity contribution in [3.63, 3.8) is 0 Å². The molecule has 2 unspecified atom stereocenters. The van der Waals surface area contributed by atoms with Gasteiger partial charge in [-0.3, -0.25) is 4.79 Å². The lowest BCUT2D eigenvalue weighted by atomic mass is 10.0. The van der Waals surface area contributed by atoms with Crippen LogP contribution in [0.2, 0.25) is 0 Å². The number of benzene rings is 1. The van der Waals surface area contributed by atoms with Crippen molar-refractivity contribution in [1.82, 2.24) is 4.31 Å². The summed E-state index contributed by atoms with van der Waals surface area (Å²) in [6, 6.07) is 4.79. The number of fused-ring (bicyclic) bond motifs is 1. The standard InChI is InChI=1S/C17H25N3O4S/c1-12(21)19-7-5-13-3-4-16(10-17(13)19)25(22,23)20-8-6-15(24-2)9-14(20)11-18/h3-4,10,14-15H,5-9,11,18H2,1-2H3. The average Bonchev–Trinajstić information content (AvgIpc) is 3.04. The van der Waals surface area contributed by atoms with Gasteiger partial charge in [0.1, 0.15) is 0 Å². The minimum Gasteiger partial charge on any atom is -0.381 e. The number of rotatable bonds is 4. The van der Waals surface area contributed by atoms with Crippen molar-refractivity contribution in [1.29, 1.82) is 0 Å². The first-order chi connectivity index (χ1) is 11.9. The second-order valence-corrected chi connectivity index (χ2v) is 8.49. The Hall–Kier alpha value is -1.48. The first-order valence-electron chi connectivity index (χ1n) is 8.54. The Labute approximate surface area is 148 Å². The summed E-state index contributed by atoms with van der Waals surface area (Å²) in [7, 11) is -2.03. The van der Waals surface area contributed by atoms with Gasteiger partial charge >= 0.3 is 0 Å². The minimum atomic E-state index is -3.67. The van der Waals surface area contributed by atoms with Crippen LogP contribution in [0.5, 0.6) is 0 Å². The summed E-state index contributed by atoms with van der Waals surface area (Å²) in [6.07, 6.45) is 2.03. The molecule has 25 heavy (non-hydrogen) atoms. The predicted octanol–water partition coefficient (Wildman–Crippen LogP) is 0.722. The number of methoxy groups -OCH3 is 1. The fourth-order valence-electron chi connectivity index (χ4n) is 3.72. The van der Waals surface area contributed by atoms with Gasteiger partial charge in [0, 0.05) is 45.4 Å². The minimum absolute atomic E-state index is 0.0354. The highest BCUT2D eigenvalue weighted by molar-refractivity contribution is 7.89. The summed E-state index contributed by atoms with van der Waals surface area (Å²) in [5.74, 6) is -0.0750. The van der Waals surface area contributed by atoms with E-state index in [1.54, 1.807) is 24.1 Å². The summed E-state index contributed by atoms with van der Waals surface area (Å²) in [6.45, 7) is 2.73. The number of piperidine rings is 1. The SMILES string of the molecule is COC1CCN(S(=O)(=O)c2ccc3c(c2)N(C(C)=O)CC3)C(CN)C1. The Morgan fingerprint density at radius 3 is 2.76 bits per heavy atom. The van der Waals surface area contributed by atoms with E-state index in [0.29, 0.717) is 31.6 Å². The molecular formula is C17H25N3O4S. The molecule has 2 N–H and O–H groups in total. The third-order valence-electron chi connectivity index (χ3n) is 5.16. The van der Waals surface area contributed by atoms with Crippen LogP contribution in [-0.4, -0.2) is 57.5 Å². The molecule has 3 rings (SSSR count). The Morgan fingerprint density at radius 2 is 2.12 bits per heavy atom. The lowest BCUT2D eigenvalue weighted by Crippen LogP contribution is -2.51. The molecule has 7 nitrogen and oxygen atoms in total. The van der Waals surface area contributed by atoms with E-state index in [0.717, 1.165) is 12.0 Å². The van der Waals surface area contributed by atoms with Crippen molar-refractivity contribution in [2.75, 3.05) is 31.6 Å². The molecule has 0 radical (unpaired) electrons. The van der Waals surface area contributed by atoms with Crippen molar-refractivity contribution < 1.29 is 17.9 Å². The molecule has 1 aromatic rings. The van der Waals surface area contributed by atoms with E-state index in [1.807, 2.05) is 6.07 Å². The molecule has 2 aliphatic heterocycles. The van der Waals surface area contributed by atoms with Crippen molar-refractivity contribution in [3.8, 4) is 0 Å². The Balaban J connectivity index is 1.93. The Morgan fingerprint density at radius 1 is 1.36 bits per heavy atom. The van der Waals surface area contributed by atoms with Gasteiger partial charge in [0.15, 0.2) is 0 Å². The van der Waals surface area contributed by atoms with Crippen LogP contribution in [0, 0.1) is 0 Å². The van der Waals surface area contributed by atoms with Crippen LogP contribution in [0.4, 0.5) is 5.69 Å². The van der Waals surface area contributed by atoms with E-state index in [1.165, 1.54) is 11.2 Å². The maximum absolute atomic E-state index is 13.2. The first-order valence-corrected chi connectivity index (χ1v) is 9.98. The molecule has 2 atom stereocenters. The Kier molecular flexibility index (Phi) is 5.15. The molecule has 0 spiro atoms. The average molecular weight is 367 g/mol. The number of sulfonamides is 1. The molecule has 1 saturated heterocycles. The van der Waals surface area contributed by atoms with Gasteiger partial charge in [-0.05, 0) is 37.0 Å². The van der Waals surface area contributed by atoms with E-state index in [9.17, 15) is 13.2 Å². The van der Waals surface area contributed by atoms with Gasteiger partial charge < -0.3 is 15.4 Å². The molecule has 8 heteroatoms. The normalized spacial score (nSPS) is 24.4. The van der Waals surface area contributed by atoms with E-state index < -0.39 is 10.0 Å². The summed E-state index contributed by atoms with van der Waals surface area (Å²) in [4.78, 5) is 13.6. The van der Waals surface area contributed by atoms with Crippen LogP contribution in [0.3, 0.4) is 0 Å². The highest BCUT2D eigenvalue weighted by atomic mass is 32.2. The third kappa shape index (κ3) is 3.31. The number of hydrogen-bond acceptors (Lipinski definition) is 5. The van der Waals surface area contributed by atoms with Crippen molar-refractivity contribution in [2.45, 2.75) is 43.2 Å². The second-order valence-electron chi connectivity index (χ2n) is 6.60. The van der Waals surface area contributed by atoms with Gasteiger partial charge in [0.25, 0.3) is 0 Å². The molecule has 1 aromatic carbocycles. The van der Waals surface area contributed by atoms with Crippen molar-refractivity contribution in [2.24, 2.45) is 5.73 Å². The smallest absolute Gasteiger partial charge is 0.243 e. The summed E-state index contributed by atoms with van der Waals surface area (Å²) in [5, 5.41) is 0. The molecule has 0 saturated carbocycles. The molecule has 0 aromatic heterocycles. The summed E-state index contributed by atoms with van der Waals surface area (Å²) >= 11 is 0. The Bertz CT molecular complexity index is 765. The highest BCUT2D eigenvalue weighted by Crippen LogP contribution is 2.33. The van der Waals surface area contributed by atoms with Crippen LogP contribution in [0.15, 0.2) is 23.1 Å². The molecular weight excluding hydrogens is 342 g/mol. The molecule has 1 amide bonds. The topological polar surface area (TPSA) is 92.9 Å². The largest absolute Gasteiger partial charge is 0.381 e. The third-order valence-corrected chi connectivity index (χ3v) is 7.11. The van der Waals surface area contributed by atoms with Crippen molar-refractivity contribution in [3.05, 3.63) is 23.8 Å². The van der Waals surface area contributed by atoms with Crippen LogP contribution in [-0.2, 0) is 26.0 Å². The maximum Gasteiger partial charge on any atom is 0.243 e. The molecule has 2 heterocycles. The molecule has 0 aliphatic carbocycles. The molecule has 1 fully saturated rings. The van der Waals surface area contributed by atoms with Gasteiger partial charge in [-0.15, -0.1) is 0 Å². The number of amides is 1.